The first-order chi connectivity index (χ1) is 13.2. The number of halogens is 1. The van der Waals surface area contributed by atoms with Crippen LogP contribution in [0.25, 0.3) is 0 Å². The smallest absolute Gasteiger partial charge is 0.228 e. The molecule has 2 unspecified atom stereocenters. The van der Waals surface area contributed by atoms with Crippen molar-refractivity contribution in [2.45, 2.75) is 12.3 Å². The summed E-state index contributed by atoms with van der Waals surface area (Å²) in [5, 5.41) is 2.92. The molecule has 132 valence electrons. The molecule has 1 N–H and O–H groups in total. The standard InChI is InChI=1S/C23H17FN2O/c24-22-10-2-1-9-19(22)20-15-21(20)23(27)26-18-8-5-6-16(14-18)11-12-17-7-3-4-13-25-17/h1-10,13-14,20-21H,15H2,(H,26,27). The van der Waals surface area contributed by atoms with Crippen LogP contribution >= 0.6 is 0 Å². The summed E-state index contributed by atoms with van der Waals surface area (Å²) in [5.41, 5.74) is 2.79. The number of amides is 1. The molecule has 1 saturated carbocycles. The quantitative estimate of drug-likeness (QED) is 0.709. The molecule has 0 aliphatic heterocycles. The molecular formula is C23H17FN2O. The molecule has 3 aromatic rings. The number of benzene rings is 2. The fraction of sp³-hybridized carbons (Fsp3) is 0.130. The van der Waals surface area contributed by atoms with Gasteiger partial charge >= 0.3 is 0 Å². The third kappa shape index (κ3) is 4.04. The van der Waals surface area contributed by atoms with Crippen LogP contribution in [0.2, 0.25) is 0 Å². The third-order valence-corrected chi connectivity index (χ3v) is 4.56. The summed E-state index contributed by atoms with van der Waals surface area (Å²) < 4.78 is 13.9. The van der Waals surface area contributed by atoms with Crippen LogP contribution in [-0.2, 0) is 4.79 Å². The van der Waals surface area contributed by atoms with Crippen molar-refractivity contribution in [1.29, 1.82) is 0 Å². The van der Waals surface area contributed by atoms with E-state index in [9.17, 15) is 9.18 Å². The average molecular weight is 356 g/mol. The molecule has 0 radical (unpaired) electrons. The Hall–Kier alpha value is -3.45. The number of carbonyl (C=O) groups is 1. The number of anilines is 1. The highest BCUT2D eigenvalue weighted by molar-refractivity contribution is 5.95. The van der Waals surface area contributed by atoms with E-state index >= 15 is 0 Å². The van der Waals surface area contributed by atoms with E-state index in [1.165, 1.54) is 6.07 Å². The predicted molar refractivity (Wildman–Crippen MR) is 103 cm³/mol. The van der Waals surface area contributed by atoms with Gasteiger partial charge in [0.1, 0.15) is 11.5 Å². The molecule has 2 atom stereocenters. The minimum absolute atomic E-state index is 0.0432. The number of pyridine rings is 1. The van der Waals surface area contributed by atoms with Gasteiger partial charge in [-0.15, -0.1) is 0 Å². The largest absolute Gasteiger partial charge is 0.326 e. The molecule has 0 bridgehead atoms. The number of nitrogens with one attached hydrogen (secondary N) is 1. The van der Waals surface area contributed by atoms with Crippen LogP contribution in [-0.4, -0.2) is 10.9 Å². The summed E-state index contributed by atoms with van der Waals surface area (Å²) in [5.74, 6) is 5.48. The van der Waals surface area contributed by atoms with Crippen molar-refractivity contribution in [2.75, 3.05) is 5.32 Å². The Morgan fingerprint density at radius 2 is 1.89 bits per heavy atom. The number of hydrogen-bond acceptors (Lipinski definition) is 2. The predicted octanol–water partition coefficient (Wildman–Crippen LogP) is 4.36. The molecule has 0 spiro atoms. The second-order valence-corrected chi connectivity index (χ2v) is 6.51. The Morgan fingerprint density at radius 3 is 2.70 bits per heavy atom. The SMILES string of the molecule is O=C(Nc1cccc(C#Cc2ccccn2)c1)C1CC1c1ccccc1F. The van der Waals surface area contributed by atoms with Gasteiger partial charge in [0.25, 0.3) is 0 Å². The van der Waals surface area contributed by atoms with Gasteiger partial charge < -0.3 is 5.32 Å². The molecule has 1 aliphatic carbocycles. The van der Waals surface area contributed by atoms with Crippen molar-refractivity contribution >= 4 is 11.6 Å². The number of carbonyl (C=O) groups excluding carboxylic acids is 1. The number of rotatable bonds is 3. The van der Waals surface area contributed by atoms with Gasteiger partial charge in [0.2, 0.25) is 5.91 Å². The molecule has 1 fully saturated rings. The summed E-state index contributed by atoms with van der Waals surface area (Å²) >= 11 is 0. The zero-order chi connectivity index (χ0) is 18.6. The van der Waals surface area contributed by atoms with Crippen LogP contribution in [0.5, 0.6) is 0 Å². The lowest BCUT2D eigenvalue weighted by atomic mass is 10.1. The number of aromatic nitrogens is 1. The maximum Gasteiger partial charge on any atom is 0.228 e. The van der Waals surface area contributed by atoms with Crippen molar-refractivity contribution in [3.8, 4) is 11.8 Å². The Morgan fingerprint density at radius 1 is 1.04 bits per heavy atom. The molecule has 0 saturated heterocycles. The molecule has 1 aliphatic rings. The Kier molecular flexibility index (Phi) is 4.67. The molecule has 4 rings (SSSR count). The molecule has 1 heterocycles. The summed E-state index contributed by atoms with van der Waals surface area (Å²) in [4.78, 5) is 16.6. The lowest BCUT2D eigenvalue weighted by Crippen LogP contribution is -2.14. The van der Waals surface area contributed by atoms with E-state index in [1.54, 1.807) is 24.4 Å². The van der Waals surface area contributed by atoms with Crippen LogP contribution in [0.15, 0.2) is 72.9 Å². The van der Waals surface area contributed by atoms with Gasteiger partial charge in [-0.05, 0) is 60.2 Å². The van der Waals surface area contributed by atoms with Gasteiger partial charge in [0, 0.05) is 23.4 Å². The molecule has 4 heteroatoms. The Labute approximate surface area is 157 Å². The topological polar surface area (TPSA) is 42.0 Å². The molecule has 2 aromatic carbocycles. The van der Waals surface area contributed by atoms with Gasteiger partial charge in [0.15, 0.2) is 0 Å². The van der Waals surface area contributed by atoms with Crippen molar-refractivity contribution in [2.24, 2.45) is 5.92 Å². The Balaban J connectivity index is 1.43. The van der Waals surface area contributed by atoms with E-state index in [4.69, 9.17) is 0 Å². The fourth-order valence-electron chi connectivity index (χ4n) is 3.09. The van der Waals surface area contributed by atoms with E-state index in [2.05, 4.69) is 22.1 Å². The first-order valence-corrected chi connectivity index (χ1v) is 8.79. The van der Waals surface area contributed by atoms with Crippen molar-refractivity contribution in [3.63, 3.8) is 0 Å². The van der Waals surface area contributed by atoms with E-state index < -0.39 is 0 Å². The minimum Gasteiger partial charge on any atom is -0.326 e. The van der Waals surface area contributed by atoms with Crippen molar-refractivity contribution < 1.29 is 9.18 Å². The summed E-state index contributed by atoms with van der Waals surface area (Å²) in [6.07, 6.45) is 2.37. The van der Waals surface area contributed by atoms with E-state index in [1.807, 2.05) is 42.5 Å². The molecular weight excluding hydrogens is 339 g/mol. The van der Waals surface area contributed by atoms with Crippen LogP contribution in [0.4, 0.5) is 10.1 Å². The van der Waals surface area contributed by atoms with Gasteiger partial charge in [-0.2, -0.15) is 0 Å². The van der Waals surface area contributed by atoms with E-state index in [0.717, 1.165) is 5.56 Å². The van der Waals surface area contributed by atoms with Crippen LogP contribution < -0.4 is 5.32 Å². The number of hydrogen-bond donors (Lipinski definition) is 1. The summed E-state index contributed by atoms with van der Waals surface area (Å²) in [6, 6.07) is 19.6. The third-order valence-electron chi connectivity index (χ3n) is 4.56. The summed E-state index contributed by atoms with van der Waals surface area (Å²) in [7, 11) is 0. The van der Waals surface area contributed by atoms with Crippen molar-refractivity contribution in [1.82, 2.24) is 4.98 Å². The maximum absolute atomic E-state index is 13.9. The summed E-state index contributed by atoms with van der Waals surface area (Å²) in [6.45, 7) is 0. The van der Waals surface area contributed by atoms with Crippen LogP contribution in [0.3, 0.4) is 0 Å². The van der Waals surface area contributed by atoms with Gasteiger partial charge in [-0.3, -0.25) is 4.79 Å². The molecule has 1 aromatic heterocycles. The maximum atomic E-state index is 13.9. The van der Waals surface area contributed by atoms with E-state index in [0.29, 0.717) is 23.4 Å². The minimum atomic E-state index is -0.246. The Bertz CT molecular complexity index is 1040. The zero-order valence-corrected chi connectivity index (χ0v) is 14.5. The average Bonchev–Trinajstić information content (AvgIpc) is 3.49. The van der Waals surface area contributed by atoms with Crippen LogP contribution in [0.1, 0.15) is 29.2 Å². The van der Waals surface area contributed by atoms with Gasteiger partial charge in [-0.25, -0.2) is 9.37 Å². The monoisotopic (exact) mass is 356 g/mol. The highest BCUT2D eigenvalue weighted by Crippen LogP contribution is 2.48. The normalized spacial score (nSPS) is 17.5. The number of nitrogens with zero attached hydrogens (tertiary/aromatic N) is 1. The first kappa shape index (κ1) is 17.0. The molecule has 3 nitrogen and oxygen atoms in total. The highest BCUT2D eigenvalue weighted by Gasteiger charge is 2.45. The molecule has 27 heavy (non-hydrogen) atoms. The van der Waals surface area contributed by atoms with Gasteiger partial charge in [-0.1, -0.05) is 36.3 Å². The first-order valence-electron chi connectivity index (χ1n) is 8.79. The zero-order valence-electron chi connectivity index (χ0n) is 14.5. The van der Waals surface area contributed by atoms with Crippen LogP contribution in [0, 0.1) is 23.6 Å². The fourth-order valence-corrected chi connectivity index (χ4v) is 3.09. The lowest BCUT2D eigenvalue weighted by Gasteiger charge is -2.06. The van der Waals surface area contributed by atoms with Crippen molar-refractivity contribution in [3.05, 3.63) is 95.6 Å². The van der Waals surface area contributed by atoms with E-state index in [-0.39, 0.29) is 23.6 Å². The van der Waals surface area contributed by atoms with Gasteiger partial charge in [0.05, 0.1) is 0 Å². The molecule has 1 amide bonds. The second-order valence-electron chi connectivity index (χ2n) is 6.51. The highest BCUT2D eigenvalue weighted by atomic mass is 19.1. The second kappa shape index (κ2) is 7.43. The lowest BCUT2D eigenvalue weighted by molar-refractivity contribution is -0.117.